The Labute approximate surface area is 149 Å². The van der Waals surface area contributed by atoms with Gasteiger partial charge in [0.25, 0.3) is 0 Å². The van der Waals surface area contributed by atoms with Gasteiger partial charge in [0.2, 0.25) is 5.91 Å². The minimum Gasteiger partial charge on any atom is -0.468 e. The van der Waals surface area contributed by atoms with Crippen LogP contribution in [0.5, 0.6) is 0 Å². The Bertz CT molecular complexity index is 734. The molecule has 0 fully saturated rings. The molecule has 25 heavy (non-hydrogen) atoms. The van der Waals surface area contributed by atoms with E-state index in [4.69, 9.17) is 4.42 Å². The molecule has 0 saturated heterocycles. The second-order valence-electron chi connectivity index (χ2n) is 5.71. The van der Waals surface area contributed by atoms with Gasteiger partial charge in [0, 0.05) is 18.0 Å². The minimum atomic E-state index is -0.282. The zero-order valence-corrected chi connectivity index (χ0v) is 14.5. The number of rotatable bonds is 8. The number of nitrogens with zero attached hydrogens (tertiary/aromatic N) is 1. The van der Waals surface area contributed by atoms with E-state index in [1.54, 1.807) is 29.7 Å². The van der Waals surface area contributed by atoms with Crippen LogP contribution >= 0.6 is 11.3 Å². The Morgan fingerprint density at radius 3 is 2.64 bits per heavy atom. The number of nitrogens with one attached hydrogen (secondary N) is 1. The second-order valence-corrected chi connectivity index (χ2v) is 6.74. The van der Waals surface area contributed by atoms with Gasteiger partial charge in [-0.3, -0.25) is 9.69 Å². The van der Waals surface area contributed by atoms with Crippen molar-refractivity contribution < 1.29 is 13.6 Å². The summed E-state index contributed by atoms with van der Waals surface area (Å²) in [4.78, 5) is 15.5. The molecule has 2 heterocycles. The van der Waals surface area contributed by atoms with Crippen LogP contribution < -0.4 is 5.32 Å². The monoisotopic (exact) mass is 358 g/mol. The summed E-state index contributed by atoms with van der Waals surface area (Å²) >= 11 is 1.66. The number of benzene rings is 1. The molecule has 1 amide bonds. The number of carbonyl (C=O) groups excluding carboxylic acids is 1. The van der Waals surface area contributed by atoms with Gasteiger partial charge >= 0.3 is 0 Å². The fourth-order valence-electron chi connectivity index (χ4n) is 2.48. The first-order valence-electron chi connectivity index (χ1n) is 7.97. The van der Waals surface area contributed by atoms with Crippen molar-refractivity contribution in [2.75, 3.05) is 6.54 Å². The van der Waals surface area contributed by atoms with E-state index in [1.807, 2.05) is 28.5 Å². The lowest BCUT2D eigenvalue weighted by molar-refractivity contribution is -0.122. The van der Waals surface area contributed by atoms with Gasteiger partial charge in [-0.1, -0.05) is 18.2 Å². The van der Waals surface area contributed by atoms with Crippen LogP contribution in [0.3, 0.4) is 0 Å². The molecule has 0 unspecified atom stereocenters. The van der Waals surface area contributed by atoms with Crippen molar-refractivity contribution >= 4 is 17.2 Å². The SMILES string of the molecule is O=C(CN(Cc1ccco1)Cc1cccs1)NCc1ccc(F)cc1. The first kappa shape index (κ1) is 17.4. The Morgan fingerprint density at radius 2 is 1.96 bits per heavy atom. The smallest absolute Gasteiger partial charge is 0.234 e. The van der Waals surface area contributed by atoms with Gasteiger partial charge in [-0.15, -0.1) is 11.3 Å². The first-order chi connectivity index (χ1) is 12.2. The van der Waals surface area contributed by atoms with Crippen molar-refractivity contribution in [3.63, 3.8) is 0 Å². The fourth-order valence-corrected chi connectivity index (χ4v) is 3.22. The highest BCUT2D eigenvalue weighted by molar-refractivity contribution is 7.09. The van der Waals surface area contributed by atoms with Crippen LogP contribution in [0.25, 0.3) is 0 Å². The maximum absolute atomic E-state index is 12.9. The maximum Gasteiger partial charge on any atom is 0.234 e. The van der Waals surface area contributed by atoms with Crippen LogP contribution in [0.1, 0.15) is 16.2 Å². The molecule has 0 radical (unpaired) electrons. The average molecular weight is 358 g/mol. The van der Waals surface area contributed by atoms with E-state index in [0.717, 1.165) is 11.3 Å². The Balaban J connectivity index is 1.56. The van der Waals surface area contributed by atoms with Crippen molar-refractivity contribution in [1.29, 1.82) is 0 Å². The lowest BCUT2D eigenvalue weighted by Gasteiger charge is -2.20. The molecule has 130 valence electrons. The number of hydrogen-bond donors (Lipinski definition) is 1. The Morgan fingerprint density at radius 1 is 1.12 bits per heavy atom. The fraction of sp³-hybridized carbons (Fsp3) is 0.211. The third-order valence-electron chi connectivity index (χ3n) is 3.69. The molecule has 0 aliphatic carbocycles. The summed E-state index contributed by atoms with van der Waals surface area (Å²) in [5, 5.41) is 4.90. The van der Waals surface area contributed by atoms with Crippen LogP contribution in [0, 0.1) is 5.82 Å². The number of halogens is 1. The molecule has 3 rings (SSSR count). The molecule has 0 aliphatic heterocycles. The highest BCUT2D eigenvalue weighted by Crippen LogP contribution is 2.14. The van der Waals surface area contributed by atoms with Crippen molar-refractivity contribution in [2.24, 2.45) is 0 Å². The predicted molar refractivity (Wildman–Crippen MR) is 95.4 cm³/mol. The number of furan rings is 1. The zero-order valence-electron chi connectivity index (χ0n) is 13.7. The molecular weight excluding hydrogens is 339 g/mol. The third kappa shape index (κ3) is 5.55. The van der Waals surface area contributed by atoms with Gasteiger partial charge in [-0.2, -0.15) is 0 Å². The molecule has 4 nitrogen and oxygen atoms in total. The molecule has 2 aromatic heterocycles. The van der Waals surface area contributed by atoms with Gasteiger partial charge in [-0.05, 0) is 41.3 Å². The molecule has 0 spiro atoms. The van der Waals surface area contributed by atoms with Gasteiger partial charge in [0.05, 0.1) is 19.4 Å². The summed E-state index contributed by atoms with van der Waals surface area (Å²) in [6.07, 6.45) is 1.63. The summed E-state index contributed by atoms with van der Waals surface area (Å²) < 4.78 is 18.3. The van der Waals surface area contributed by atoms with Gasteiger partial charge in [0.1, 0.15) is 11.6 Å². The summed E-state index contributed by atoms with van der Waals surface area (Å²) in [7, 11) is 0. The molecule has 1 N–H and O–H groups in total. The molecule has 1 aromatic carbocycles. The van der Waals surface area contributed by atoms with Crippen LogP contribution in [0.15, 0.2) is 64.6 Å². The normalized spacial score (nSPS) is 11.0. The molecule has 0 bridgehead atoms. The van der Waals surface area contributed by atoms with E-state index in [2.05, 4.69) is 11.4 Å². The highest BCUT2D eigenvalue weighted by Gasteiger charge is 2.14. The Hall–Kier alpha value is -2.44. The number of thiophene rings is 1. The van der Waals surface area contributed by atoms with Crippen LogP contribution in [0.2, 0.25) is 0 Å². The van der Waals surface area contributed by atoms with Crippen LogP contribution in [0.4, 0.5) is 4.39 Å². The molecule has 0 atom stereocenters. The molecule has 6 heteroatoms. The minimum absolute atomic E-state index is 0.0764. The molecule has 3 aromatic rings. The van der Waals surface area contributed by atoms with Crippen molar-refractivity contribution in [3.05, 3.63) is 82.2 Å². The predicted octanol–water partition coefficient (Wildman–Crippen LogP) is 3.80. The Kier molecular flexibility index (Phi) is 5.98. The summed E-state index contributed by atoms with van der Waals surface area (Å²) in [5.41, 5.74) is 0.866. The lowest BCUT2D eigenvalue weighted by Crippen LogP contribution is -2.36. The van der Waals surface area contributed by atoms with E-state index in [9.17, 15) is 9.18 Å². The van der Waals surface area contributed by atoms with Crippen molar-refractivity contribution in [3.8, 4) is 0 Å². The largest absolute Gasteiger partial charge is 0.468 e. The van der Waals surface area contributed by atoms with E-state index in [0.29, 0.717) is 19.6 Å². The number of amides is 1. The van der Waals surface area contributed by atoms with E-state index < -0.39 is 0 Å². The van der Waals surface area contributed by atoms with Gasteiger partial charge in [-0.25, -0.2) is 4.39 Å². The maximum atomic E-state index is 12.9. The number of carbonyl (C=O) groups is 1. The third-order valence-corrected chi connectivity index (χ3v) is 4.55. The van der Waals surface area contributed by atoms with E-state index >= 15 is 0 Å². The standard InChI is InChI=1S/C19H19FN2O2S/c20-16-7-5-15(6-8-16)11-21-19(23)14-22(12-17-3-1-9-24-17)13-18-4-2-10-25-18/h1-10H,11-14H2,(H,21,23). The topological polar surface area (TPSA) is 45.5 Å². The summed E-state index contributed by atoms with van der Waals surface area (Å²) in [5.74, 6) is 0.464. The average Bonchev–Trinajstić information content (AvgIpc) is 3.28. The van der Waals surface area contributed by atoms with Crippen LogP contribution in [-0.4, -0.2) is 17.4 Å². The second kappa shape index (κ2) is 8.60. The molecule has 0 saturated carbocycles. The van der Waals surface area contributed by atoms with Crippen molar-refractivity contribution in [2.45, 2.75) is 19.6 Å². The summed E-state index contributed by atoms with van der Waals surface area (Å²) in [6.45, 7) is 1.89. The van der Waals surface area contributed by atoms with Gasteiger partial charge in [0.15, 0.2) is 0 Å². The molecular formula is C19H19FN2O2S. The first-order valence-corrected chi connectivity index (χ1v) is 8.85. The summed E-state index contributed by atoms with van der Waals surface area (Å²) in [6, 6.07) is 13.9. The zero-order chi connectivity index (χ0) is 17.5. The number of hydrogen-bond acceptors (Lipinski definition) is 4. The van der Waals surface area contributed by atoms with Crippen molar-refractivity contribution in [1.82, 2.24) is 10.2 Å². The van der Waals surface area contributed by atoms with E-state index in [1.165, 1.54) is 17.0 Å². The van der Waals surface area contributed by atoms with E-state index in [-0.39, 0.29) is 18.3 Å². The van der Waals surface area contributed by atoms with Crippen LogP contribution in [-0.2, 0) is 24.4 Å². The lowest BCUT2D eigenvalue weighted by atomic mass is 10.2. The highest BCUT2D eigenvalue weighted by atomic mass is 32.1. The quantitative estimate of drug-likeness (QED) is 0.666. The molecule has 0 aliphatic rings. The van der Waals surface area contributed by atoms with Gasteiger partial charge < -0.3 is 9.73 Å².